The lowest BCUT2D eigenvalue weighted by Gasteiger charge is -2.41. The average Bonchev–Trinajstić information content (AvgIpc) is 3.76. The lowest BCUT2D eigenvalue weighted by Crippen LogP contribution is -2.63. The van der Waals surface area contributed by atoms with Crippen LogP contribution in [0.5, 0.6) is 0 Å². The topological polar surface area (TPSA) is 174 Å². The molecule has 0 aromatic carbocycles. The van der Waals surface area contributed by atoms with Crippen LogP contribution in [-0.2, 0) is 35.7 Å². The van der Waals surface area contributed by atoms with Crippen LogP contribution in [0.25, 0.3) is 0 Å². The lowest BCUT2D eigenvalue weighted by molar-refractivity contribution is -0.143. The van der Waals surface area contributed by atoms with E-state index in [1.807, 2.05) is 27.7 Å². The van der Waals surface area contributed by atoms with Gasteiger partial charge in [0.2, 0.25) is 27.6 Å². The average molecular weight is 707 g/mol. The molecule has 1 saturated heterocycles. The summed E-state index contributed by atoms with van der Waals surface area (Å²) in [6, 6.07) is -1.87. The highest BCUT2D eigenvalue weighted by Crippen LogP contribution is 2.38. The Morgan fingerprint density at radius 1 is 1.10 bits per heavy atom. The summed E-state index contributed by atoms with van der Waals surface area (Å²) in [5, 5.41) is 12.9. The quantitative estimate of drug-likeness (QED) is 0.180. The first kappa shape index (κ1) is 37.5. The number of carbonyl (C=O) groups is 5. The molecule has 13 nitrogen and oxygen atoms in total. The van der Waals surface area contributed by atoms with Gasteiger partial charge in [-0.1, -0.05) is 59.5 Å². The molecule has 1 aliphatic carbocycles. The molecule has 266 valence electrons. The first-order chi connectivity index (χ1) is 22.6. The molecule has 0 spiro atoms. The zero-order valence-corrected chi connectivity index (χ0v) is 30.1. The van der Waals surface area contributed by atoms with E-state index in [1.165, 1.54) is 26.6 Å². The van der Waals surface area contributed by atoms with Crippen molar-refractivity contribution in [3.8, 4) is 0 Å². The second kappa shape index (κ2) is 15.5. The molecule has 1 unspecified atom stereocenters. The minimum atomic E-state index is -3.66. The van der Waals surface area contributed by atoms with E-state index in [1.54, 1.807) is 11.4 Å². The van der Waals surface area contributed by atoms with Crippen molar-refractivity contribution in [2.45, 2.75) is 121 Å². The lowest BCUT2D eigenvalue weighted by atomic mass is 9.81. The number of hydrogen-bond donors (Lipinski definition) is 4. The third-order valence-electron chi connectivity index (χ3n) is 9.38. The minimum absolute atomic E-state index is 0.116. The highest BCUT2D eigenvalue weighted by atomic mass is 32.2. The van der Waals surface area contributed by atoms with Gasteiger partial charge in [-0.25, -0.2) is 13.2 Å². The summed E-state index contributed by atoms with van der Waals surface area (Å²) in [7, 11) is -3.66. The molecule has 2 fully saturated rings. The number of nitrogens with zero attached hydrogens (tertiary/aromatic N) is 2. The predicted molar refractivity (Wildman–Crippen MR) is 182 cm³/mol. The smallest absolute Gasteiger partial charge is 0.315 e. The van der Waals surface area contributed by atoms with Crippen LogP contribution in [0.2, 0.25) is 0 Å². The standard InChI is InChI=1S/C33H50N6O7S2/c1-6-12-22(26(40)29(42)34-17-7-2)35-28(41)23-13-11-18-39(23)30(43)27(32(3,4)5)36-31(44)37-33(15-9-8-10-16-33)21-38-20-24-25(14-19-47-24)48(38,45)46/h7,14,19,22-23,27H,2,6,8-13,15-18,20-21H2,1,3-5H3,(H,34,42)(H,35,41)(H2,36,37,44)/t22?,23-,27+/m0/s1. The summed E-state index contributed by atoms with van der Waals surface area (Å²) in [5.41, 5.74) is -1.54. The van der Waals surface area contributed by atoms with Gasteiger partial charge in [0.05, 0.1) is 16.5 Å². The van der Waals surface area contributed by atoms with Crippen molar-refractivity contribution in [2.24, 2.45) is 5.41 Å². The molecule has 1 aromatic heterocycles. The molecule has 4 N–H and O–H groups in total. The molecular weight excluding hydrogens is 657 g/mol. The Morgan fingerprint density at radius 2 is 1.81 bits per heavy atom. The summed E-state index contributed by atoms with van der Waals surface area (Å²) in [6.45, 7) is 11.6. The highest BCUT2D eigenvalue weighted by molar-refractivity contribution is 7.89. The number of sulfonamides is 1. The Hall–Kier alpha value is -3.30. The Labute approximate surface area is 287 Å². The number of carbonyl (C=O) groups excluding carboxylic acids is 5. The van der Waals surface area contributed by atoms with E-state index in [4.69, 9.17) is 0 Å². The third-order valence-corrected chi connectivity index (χ3v) is 12.3. The number of rotatable bonds is 13. The summed E-state index contributed by atoms with van der Waals surface area (Å²) in [6.07, 6.45) is 7.03. The van der Waals surface area contributed by atoms with E-state index in [0.29, 0.717) is 43.5 Å². The van der Waals surface area contributed by atoms with Gasteiger partial charge in [-0.05, 0) is 49.0 Å². The van der Waals surface area contributed by atoms with Crippen LogP contribution < -0.4 is 21.3 Å². The van der Waals surface area contributed by atoms with Crippen LogP contribution in [0.3, 0.4) is 0 Å². The van der Waals surface area contributed by atoms with Crippen molar-refractivity contribution < 1.29 is 32.4 Å². The van der Waals surface area contributed by atoms with Gasteiger partial charge in [-0.3, -0.25) is 19.2 Å². The van der Waals surface area contributed by atoms with E-state index in [9.17, 15) is 32.4 Å². The van der Waals surface area contributed by atoms with Crippen LogP contribution in [0.1, 0.15) is 90.4 Å². The van der Waals surface area contributed by atoms with Crippen molar-refractivity contribution in [2.75, 3.05) is 19.6 Å². The van der Waals surface area contributed by atoms with Gasteiger partial charge < -0.3 is 26.2 Å². The largest absolute Gasteiger partial charge is 0.346 e. The van der Waals surface area contributed by atoms with Gasteiger partial charge in [-0.2, -0.15) is 4.31 Å². The van der Waals surface area contributed by atoms with Gasteiger partial charge in [0, 0.05) is 31.1 Å². The van der Waals surface area contributed by atoms with Crippen molar-refractivity contribution in [1.29, 1.82) is 0 Å². The van der Waals surface area contributed by atoms with Gasteiger partial charge in [-0.15, -0.1) is 17.9 Å². The molecule has 48 heavy (non-hydrogen) atoms. The number of hydrogen-bond acceptors (Lipinski definition) is 8. The molecule has 1 aromatic rings. The van der Waals surface area contributed by atoms with Gasteiger partial charge in [0.15, 0.2) is 0 Å². The predicted octanol–water partition coefficient (Wildman–Crippen LogP) is 2.82. The maximum atomic E-state index is 14.1. The van der Waals surface area contributed by atoms with E-state index >= 15 is 0 Å². The molecular formula is C33H50N6O7S2. The Balaban J connectivity index is 1.47. The second-order valence-electron chi connectivity index (χ2n) is 14.1. The Morgan fingerprint density at radius 3 is 2.44 bits per heavy atom. The van der Waals surface area contributed by atoms with Crippen molar-refractivity contribution in [1.82, 2.24) is 30.5 Å². The number of thiophene rings is 1. The van der Waals surface area contributed by atoms with Crippen molar-refractivity contribution >= 4 is 50.9 Å². The number of nitrogens with one attached hydrogen (secondary N) is 4. The summed E-state index contributed by atoms with van der Waals surface area (Å²) in [4.78, 5) is 69.1. The van der Waals surface area contributed by atoms with E-state index < -0.39 is 68.6 Å². The number of likely N-dealkylation sites (tertiary alicyclic amines) is 1. The Kier molecular flexibility index (Phi) is 12.1. The molecule has 3 heterocycles. The first-order valence-electron chi connectivity index (χ1n) is 16.8. The molecule has 2 aliphatic heterocycles. The summed E-state index contributed by atoms with van der Waals surface area (Å²) >= 11 is 1.40. The van der Waals surface area contributed by atoms with Crippen LogP contribution in [0.4, 0.5) is 4.79 Å². The number of fused-ring (bicyclic) bond motifs is 1. The minimum Gasteiger partial charge on any atom is -0.346 e. The number of Topliss-reactive ketones (excluding diaryl/α,β-unsaturated/α-hetero) is 1. The first-order valence-corrected chi connectivity index (χ1v) is 19.1. The fraction of sp³-hybridized carbons (Fsp3) is 0.667. The molecule has 5 amide bonds. The van der Waals surface area contributed by atoms with Crippen LogP contribution in [0.15, 0.2) is 29.0 Å². The number of amides is 5. The summed E-state index contributed by atoms with van der Waals surface area (Å²) < 4.78 is 28.0. The zero-order valence-electron chi connectivity index (χ0n) is 28.4. The molecule has 0 radical (unpaired) electrons. The number of ketones is 1. The molecule has 1 saturated carbocycles. The van der Waals surface area contributed by atoms with Crippen LogP contribution in [0, 0.1) is 5.41 Å². The van der Waals surface area contributed by atoms with E-state index in [0.717, 1.165) is 24.1 Å². The fourth-order valence-corrected chi connectivity index (χ4v) is 9.85. The van der Waals surface area contributed by atoms with E-state index in [-0.39, 0.29) is 26.1 Å². The fourth-order valence-electron chi connectivity index (χ4n) is 6.85. The maximum Gasteiger partial charge on any atom is 0.315 e. The molecule has 3 atom stereocenters. The van der Waals surface area contributed by atoms with Crippen LogP contribution in [-0.4, -0.2) is 90.5 Å². The normalized spacial score (nSPS) is 21.4. The van der Waals surface area contributed by atoms with Gasteiger partial charge in [0.1, 0.15) is 12.1 Å². The molecule has 4 rings (SSSR count). The maximum absolute atomic E-state index is 14.1. The second-order valence-corrected chi connectivity index (χ2v) is 17.0. The van der Waals surface area contributed by atoms with Gasteiger partial charge >= 0.3 is 6.03 Å². The van der Waals surface area contributed by atoms with E-state index in [2.05, 4.69) is 27.8 Å². The molecule has 0 bridgehead atoms. The number of urea groups is 1. The molecule has 3 aliphatic rings. The van der Waals surface area contributed by atoms with Crippen molar-refractivity contribution in [3.05, 3.63) is 29.0 Å². The van der Waals surface area contributed by atoms with Crippen LogP contribution >= 0.6 is 11.3 Å². The monoisotopic (exact) mass is 706 g/mol. The highest BCUT2D eigenvalue weighted by Gasteiger charge is 2.46. The SMILES string of the molecule is C=CCNC(=O)C(=O)C(CCC)NC(=O)[C@@H]1CCCN1C(=O)[C@@H](NC(=O)NC1(CN2Cc3sccc3S2(=O)=O)CCCCC1)C(C)(C)C. The Bertz CT molecular complexity index is 1500. The zero-order chi connectivity index (χ0) is 35.3. The molecule has 15 heteroatoms. The third kappa shape index (κ3) is 8.46. The summed E-state index contributed by atoms with van der Waals surface area (Å²) in [5.74, 6) is -2.53. The van der Waals surface area contributed by atoms with Gasteiger partial charge in [0.25, 0.3) is 5.91 Å². The van der Waals surface area contributed by atoms with Crippen molar-refractivity contribution in [3.63, 3.8) is 0 Å².